The minimum atomic E-state index is -0.493. The average Bonchev–Trinajstić information content (AvgIpc) is 2.73. The first kappa shape index (κ1) is 21.5. The van der Waals surface area contributed by atoms with Gasteiger partial charge in [0.15, 0.2) is 6.61 Å². The lowest BCUT2D eigenvalue weighted by atomic mass is 10.0. The molecule has 0 bridgehead atoms. The van der Waals surface area contributed by atoms with Crippen LogP contribution in [0.3, 0.4) is 0 Å². The molecule has 5 nitrogen and oxygen atoms in total. The molecule has 0 fully saturated rings. The number of anilines is 1. The lowest BCUT2D eigenvalue weighted by molar-refractivity contribution is -0.125. The Morgan fingerprint density at radius 1 is 0.964 bits per heavy atom. The van der Waals surface area contributed by atoms with Crippen molar-refractivity contribution in [1.82, 2.24) is 5.32 Å². The Morgan fingerprint density at radius 2 is 1.61 bits per heavy atom. The van der Waals surface area contributed by atoms with Crippen LogP contribution in [0.5, 0.6) is 0 Å². The summed E-state index contributed by atoms with van der Waals surface area (Å²) in [5.74, 6) is -0.789. The fourth-order valence-corrected chi connectivity index (χ4v) is 3.14. The molecule has 0 aliphatic heterocycles. The second-order valence-electron chi connectivity index (χ2n) is 6.61. The molecule has 0 radical (unpaired) electrons. The van der Waals surface area contributed by atoms with E-state index in [1.54, 1.807) is 12.1 Å². The van der Waals surface area contributed by atoms with E-state index in [2.05, 4.69) is 31.0 Å². The van der Waals surface area contributed by atoms with Gasteiger partial charge in [-0.1, -0.05) is 43.7 Å². The molecular weight excluding hydrogens is 352 g/mol. The van der Waals surface area contributed by atoms with Gasteiger partial charge in [-0.3, -0.25) is 4.79 Å². The van der Waals surface area contributed by atoms with E-state index in [-0.39, 0.29) is 18.6 Å². The monoisotopic (exact) mass is 382 g/mol. The normalized spacial score (nSPS) is 11.5. The Hall–Kier alpha value is -2.82. The zero-order valence-corrected chi connectivity index (χ0v) is 17.0. The van der Waals surface area contributed by atoms with Gasteiger partial charge in [-0.15, -0.1) is 0 Å². The largest absolute Gasteiger partial charge is 0.452 e. The molecule has 150 valence electrons. The molecule has 1 atom stereocenters. The molecule has 2 rings (SSSR count). The lowest BCUT2D eigenvalue weighted by Crippen LogP contribution is -2.32. The number of amides is 1. The predicted octanol–water partition coefficient (Wildman–Crippen LogP) is 4.35. The zero-order chi connectivity index (χ0) is 20.4. The number of nitrogens with one attached hydrogen (secondary N) is 1. The van der Waals surface area contributed by atoms with Crippen LogP contribution in [0.1, 0.15) is 55.6 Å². The summed E-state index contributed by atoms with van der Waals surface area (Å²) in [6, 6.07) is 17.0. The van der Waals surface area contributed by atoms with Crippen LogP contribution in [0, 0.1) is 0 Å². The number of carbonyl (C=O) groups is 2. The summed E-state index contributed by atoms with van der Waals surface area (Å²) in [6.07, 6.45) is 1.77. The summed E-state index contributed by atoms with van der Waals surface area (Å²) in [7, 11) is 0. The van der Waals surface area contributed by atoms with Crippen molar-refractivity contribution >= 4 is 17.6 Å². The Bertz CT molecular complexity index is 740. The van der Waals surface area contributed by atoms with Crippen LogP contribution in [0.4, 0.5) is 5.69 Å². The molecule has 0 aliphatic rings. The van der Waals surface area contributed by atoms with E-state index in [9.17, 15) is 9.59 Å². The van der Waals surface area contributed by atoms with Gasteiger partial charge in [0.1, 0.15) is 0 Å². The number of hydrogen-bond acceptors (Lipinski definition) is 4. The summed E-state index contributed by atoms with van der Waals surface area (Å²) in [6.45, 7) is 7.77. The highest BCUT2D eigenvalue weighted by atomic mass is 16.5. The van der Waals surface area contributed by atoms with Gasteiger partial charge in [-0.25, -0.2) is 4.79 Å². The molecule has 28 heavy (non-hydrogen) atoms. The molecule has 2 aromatic carbocycles. The molecule has 0 aromatic heterocycles. The van der Waals surface area contributed by atoms with Crippen molar-refractivity contribution < 1.29 is 14.3 Å². The van der Waals surface area contributed by atoms with Gasteiger partial charge in [0.25, 0.3) is 5.91 Å². The van der Waals surface area contributed by atoms with E-state index in [1.807, 2.05) is 42.5 Å². The van der Waals surface area contributed by atoms with Gasteiger partial charge < -0.3 is 15.0 Å². The molecule has 1 amide bonds. The van der Waals surface area contributed by atoms with Crippen molar-refractivity contribution in [2.45, 2.75) is 39.7 Å². The highest BCUT2D eigenvalue weighted by molar-refractivity contribution is 5.91. The summed E-state index contributed by atoms with van der Waals surface area (Å²) < 4.78 is 5.19. The van der Waals surface area contributed by atoms with Crippen LogP contribution in [-0.4, -0.2) is 31.6 Å². The first-order valence-electron chi connectivity index (χ1n) is 9.95. The van der Waals surface area contributed by atoms with E-state index in [4.69, 9.17) is 4.74 Å². The van der Waals surface area contributed by atoms with Crippen molar-refractivity contribution in [3.63, 3.8) is 0 Å². The number of nitrogens with zero attached hydrogens (tertiary/aromatic N) is 1. The Labute approximate surface area is 167 Å². The minimum absolute atomic E-state index is 0.0780. The Morgan fingerprint density at radius 3 is 2.18 bits per heavy atom. The smallest absolute Gasteiger partial charge is 0.338 e. The molecule has 2 aromatic rings. The molecular formula is C23H30N2O3. The number of rotatable bonds is 10. The number of carbonyl (C=O) groups excluding carboxylic acids is 2. The number of hydrogen-bond donors (Lipinski definition) is 1. The highest BCUT2D eigenvalue weighted by Crippen LogP contribution is 2.18. The predicted molar refractivity (Wildman–Crippen MR) is 113 cm³/mol. The Balaban J connectivity index is 1.90. The average molecular weight is 383 g/mol. The summed E-state index contributed by atoms with van der Waals surface area (Å²) in [5.41, 5.74) is 2.55. The third kappa shape index (κ3) is 6.12. The molecule has 0 heterocycles. The van der Waals surface area contributed by atoms with Gasteiger partial charge in [0.2, 0.25) is 0 Å². The van der Waals surface area contributed by atoms with Crippen LogP contribution < -0.4 is 10.2 Å². The molecule has 1 N–H and O–H groups in total. The van der Waals surface area contributed by atoms with Crippen molar-refractivity contribution in [3.8, 4) is 0 Å². The second-order valence-corrected chi connectivity index (χ2v) is 6.61. The van der Waals surface area contributed by atoms with Crippen LogP contribution in [-0.2, 0) is 9.53 Å². The standard InChI is InChI=1S/C23H30N2O3/c1-4-10-21(18-11-8-7-9-12-18)24-22(26)17-28-23(27)19-13-15-20(16-14-19)25(5-2)6-3/h7-9,11-16,21H,4-6,10,17H2,1-3H3,(H,24,26)/t21-/m0/s1. The first-order chi connectivity index (χ1) is 13.6. The topological polar surface area (TPSA) is 58.6 Å². The fraction of sp³-hybridized carbons (Fsp3) is 0.391. The lowest BCUT2D eigenvalue weighted by Gasteiger charge is -2.21. The van der Waals surface area contributed by atoms with Gasteiger partial charge in [-0.2, -0.15) is 0 Å². The van der Waals surface area contributed by atoms with Gasteiger partial charge >= 0.3 is 5.97 Å². The third-order valence-electron chi connectivity index (χ3n) is 4.68. The van der Waals surface area contributed by atoms with E-state index in [0.29, 0.717) is 5.56 Å². The van der Waals surface area contributed by atoms with Gasteiger partial charge in [0, 0.05) is 18.8 Å². The fourth-order valence-electron chi connectivity index (χ4n) is 3.14. The maximum Gasteiger partial charge on any atom is 0.338 e. The maximum absolute atomic E-state index is 12.3. The first-order valence-corrected chi connectivity index (χ1v) is 9.95. The quantitative estimate of drug-likeness (QED) is 0.621. The van der Waals surface area contributed by atoms with E-state index in [1.165, 1.54) is 0 Å². The number of benzene rings is 2. The Kier molecular flexibility index (Phi) is 8.53. The zero-order valence-electron chi connectivity index (χ0n) is 17.0. The summed E-state index contributed by atoms with van der Waals surface area (Å²) >= 11 is 0. The van der Waals surface area contributed by atoms with E-state index < -0.39 is 5.97 Å². The molecule has 0 spiro atoms. The van der Waals surface area contributed by atoms with Gasteiger partial charge in [-0.05, 0) is 50.1 Å². The summed E-state index contributed by atoms with van der Waals surface area (Å²) in [5, 5.41) is 2.96. The maximum atomic E-state index is 12.3. The van der Waals surface area contributed by atoms with Crippen molar-refractivity contribution in [2.24, 2.45) is 0 Å². The van der Waals surface area contributed by atoms with Crippen molar-refractivity contribution in [1.29, 1.82) is 0 Å². The number of esters is 1. The van der Waals surface area contributed by atoms with Crippen LogP contribution in [0.15, 0.2) is 54.6 Å². The van der Waals surface area contributed by atoms with E-state index in [0.717, 1.165) is 37.2 Å². The van der Waals surface area contributed by atoms with Crippen LogP contribution in [0.25, 0.3) is 0 Å². The third-order valence-corrected chi connectivity index (χ3v) is 4.68. The van der Waals surface area contributed by atoms with Crippen LogP contribution in [0.2, 0.25) is 0 Å². The molecule has 0 saturated carbocycles. The van der Waals surface area contributed by atoms with Crippen molar-refractivity contribution in [3.05, 3.63) is 65.7 Å². The second kappa shape index (κ2) is 11.1. The molecule has 0 saturated heterocycles. The summed E-state index contributed by atoms with van der Waals surface area (Å²) in [4.78, 5) is 26.7. The molecule has 5 heteroatoms. The van der Waals surface area contributed by atoms with Gasteiger partial charge in [0.05, 0.1) is 11.6 Å². The SMILES string of the molecule is CCC[C@H](NC(=O)COC(=O)c1ccc(N(CC)CC)cc1)c1ccccc1. The van der Waals surface area contributed by atoms with Crippen LogP contribution >= 0.6 is 0 Å². The van der Waals surface area contributed by atoms with Crippen molar-refractivity contribution in [2.75, 3.05) is 24.6 Å². The number of ether oxygens (including phenoxy) is 1. The minimum Gasteiger partial charge on any atom is -0.452 e. The van der Waals surface area contributed by atoms with E-state index >= 15 is 0 Å². The molecule has 0 aliphatic carbocycles. The molecule has 0 unspecified atom stereocenters. The highest BCUT2D eigenvalue weighted by Gasteiger charge is 2.16.